The average Bonchev–Trinajstić information content (AvgIpc) is 3.25. The van der Waals surface area contributed by atoms with Crippen molar-refractivity contribution >= 4 is 11.6 Å². The van der Waals surface area contributed by atoms with E-state index in [2.05, 4.69) is 66.7 Å². The van der Waals surface area contributed by atoms with Crippen molar-refractivity contribution in [1.82, 2.24) is 0 Å². The second-order valence-corrected chi connectivity index (χ2v) is 14.4. The molecule has 6 nitrogen and oxygen atoms in total. The van der Waals surface area contributed by atoms with E-state index < -0.39 is 30.5 Å². The third kappa shape index (κ3) is 10.9. The summed E-state index contributed by atoms with van der Waals surface area (Å²) < 4.78 is 40.1. The first-order valence-corrected chi connectivity index (χ1v) is 19.7. The molecule has 0 saturated carbocycles. The summed E-state index contributed by atoms with van der Waals surface area (Å²) in [7, 11) is 0. The predicted molar refractivity (Wildman–Crippen MR) is 221 cm³/mol. The lowest BCUT2D eigenvalue weighted by molar-refractivity contribution is -0.275. The van der Waals surface area contributed by atoms with Gasteiger partial charge < -0.3 is 28.4 Å². The Bertz CT molecular complexity index is 2030. The fraction of sp³-hybridized carbons (Fsp3) is 0.265. The van der Waals surface area contributed by atoms with Gasteiger partial charge in [0.2, 0.25) is 0 Å². The van der Waals surface area contributed by atoms with Crippen LogP contribution in [0.2, 0.25) is 5.02 Å². The zero-order valence-corrected chi connectivity index (χ0v) is 32.5. The van der Waals surface area contributed by atoms with Gasteiger partial charge in [0.15, 0.2) is 0 Å². The van der Waals surface area contributed by atoms with E-state index in [4.69, 9.17) is 40.0 Å². The Labute approximate surface area is 335 Å². The van der Waals surface area contributed by atoms with E-state index in [1.54, 1.807) is 0 Å². The molecule has 288 valence electrons. The largest absolute Gasteiger partial charge is 0.494 e. The van der Waals surface area contributed by atoms with E-state index in [1.165, 1.54) is 0 Å². The maximum atomic E-state index is 7.17. The number of benzene rings is 6. The number of rotatable bonds is 18. The number of halogens is 1. The highest BCUT2D eigenvalue weighted by atomic mass is 35.5. The van der Waals surface area contributed by atoms with Gasteiger partial charge in [-0.05, 0) is 70.5 Å². The highest BCUT2D eigenvalue weighted by molar-refractivity contribution is 6.31. The van der Waals surface area contributed by atoms with E-state index in [-0.39, 0.29) is 6.61 Å². The molecule has 0 unspecified atom stereocenters. The van der Waals surface area contributed by atoms with Gasteiger partial charge in [-0.15, -0.1) is 0 Å². The van der Waals surface area contributed by atoms with Gasteiger partial charge in [0.1, 0.15) is 36.3 Å². The first kappa shape index (κ1) is 39.4. The minimum Gasteiger partial charge on any atom is -0.494 e. The van der Waals surface area contributed by atoms with Crippen LogP contribution in [0.1, 0.15) is 52.0 Å². The molecule has 0 aliphatic carbocycles. The molecule has 1 aliphatic heterocycles. The van der Waals surface area contributed by atoms with Crippen LogP contribution < -0.4 is 4.74 Å². The third-order valence-electron chi connectivity index (χ3n) is 9.91. The quantitative estimate of drug-likeness (QED) is 0.0868. The van der Waals surface area contributed by atoms with Crippen molar-refractivity contribution < 1.29 is 28.4 Å². The fourth-order valence-electron chi connectivity index (χ4n) is 7.05. The molecule has 1 aliphatic rings. The lowest BCUT2D eigenvalue weighted by Crippen LogP contribution is -2.58. The molecular formula is C49H49ClO6. The van der Waals surface area contributed by atoms with Gasteiger partial charge in [0.05, 0.1) is 39.6 Å². The van der Waals surface area contributed by atoms with E-state index in [1.807, 2.05) is 104 Å². The van der Waals surface area contributed by atoms with Crippen molar-refractivity contribution in [3.05, 3.63) is 208 Å². The summed E-state index contributed by atoms with van der Waals surface area (Å²) in [5.74, 6) is 0.844. The van der Waals surface area contributed by atoms with Gasteiger partial charge in [0.25, 0.3) is 0 Å². The minimum absolute atomic E-state index is 0.286. The number of hydrogen-bond acceptors (Lipinski definition) is 6. The van der Waals surface area contributed by atoms with E-state index in [0.717, 1.165) is 44.7 Å². The van der Waals surface area contributed by atoms with Crippen LogP contribution in [0.15, 0.2) is 164 Å². The Morgan fingerprint density at radius 2 is 1.02 bits per heavy atom. The molecule has 0 aromatic heterocycles. The van der Waals surface area contributed by atoms with Gasteiger partial charge >= 0.3 is 0 Å². The molecule has 1 fully saturated rings. The summed E-state index contributed by atoms with van der Waals surface area (Å²) in [6, 6.07) is 55.0. The van der Waals surface area contributed by atoms with Gasteiger partial charge in [-0.3, -0.25) is 0 Å². The van der Waals surface area contributed by atoms with Crippen LogP contribution in [0.4, 0.5) is 0 Å². The number of ether oxygens (including phenoxy) is 6. The van der Waals surface area contributed by atoms with Crippen LogP contribution in [0, 0.1) is 0 Å². The molecule has 1 heterocycles. The summed E-state index contributed by atoms with van der Waals surface area (Å²) in [5, 5.41) is 0.684. The molecule has 1 saturated heterocycles. The minimum atomic E-state index is -0.551. The molecule has 7 heteroatoms. The first-order valence-electron chi connectivity index (χ1n) is 19.4. The normalized spacial score (nSPS) is 19.4. The summed E-state index contributed by atoms with van der Waals surface area (Å²) in [6.45, 7) is 4.44. The Morgan fingerprint density at radius 3 is 1.55 bits per heavy atom. The van der Waals surface area contributed by atoms with Crippen LogP contribution in [0.25, 0.3) is 0 Å². The SMILES string of the molecule is CCOc1ccc(Cc2cc([C@@H]3O[C@H](COCc4ccccc4)[C@@H](OCc4ccccc4)[C@H](OCc4ccccc4)[C@H]3OCc3ccccc3)ccc2Cl)cc1. The van der Waals surface area contributed by atoms with Crippen LogP contribution in [-0.2, 0) is 56.5 Å². The van der Waals surface area contributed by atoms with Crippen LogP contribution in [-0.4, -0.2) is 37.6 Å². The fourth-order valence-corrected chi connectivity index (χ4v) is 7.24. The smallest absolute Gasteiger partial charge is 0.119 e. The van der Waals surface area contributed by atoms with Crippen molar-refractivity contribution in [2.45, 2.75) is 70.3 Å². The summed E-state index contributed by atoms with van der Waals surface area (Å²) >= 11 is 6.91. The molecule has 6 aromatic rings. The van der Waals surface area contributed by atoms with Crippen LogP contribution >= 0.6 is 11.6 Å². The maximum absolute atomic E-state index is 7.17. The lowest BCUT2D eigenvalue weighted by atomic mass is 9.89. The molecule has 56 heavy (non-hydrogen) atoms. The molecule has 6 aromatic carbocycles. The maximum Gasteiger partial charge on any atom is 0.119 e. The van der Waals surface area contributed by atoms with Gasteiger partial charge in [0, 0.05) is 5.02 Å². The van der Waals surface area contributed by atoms with Gasteiger partial charge in [-0.1, -0.05) is 157 Å². The van der Waals surface area contributed by atoms with Crippen molar-refractivity contribution in [3.63, 3.8) is 0 Å². The van der Waals surface area contributed by atoms with Crippen molar-refractivity contribution in [3.8, 4) is 5.75 Å². The lowest BCUT2D eigenvalue weighted by Gasteiger charge is -2.46. The van der Waals surface area contributed by atoms with Crippen molar-refractivity contribution in [2.75, 3.05) is 13.2 Å². The second kappa shape index (κ2) is 20.4. The number of hydrogen-bond donors (Lipinski definition) is 0. The van der Waals surface area contributed by atoms with E-state index in [9.17, 15) is 0 Å². The molecule has 0 bridgehead atoms. The molecular weight excluding hydrogens is 720 g/mol. The standard InChI is InChI=1S/C49H49ClO6/c1-2-52-43-26-23-36(24-27-43)29-42-30-41(25-28-44(42)50)46-48(54-33-39-19-11-5-12-20-39)49(55-34-40-21-13-6-14-22-40)47(53-32-38-17-9-4-10-18-38)45(56-46)35-51-31-37-15-7-3-8-16-37/h3-28,30,45-49H,2,29,31-35H2,1H3/t45-,46+,47-,48+,49+/m1/s1. The third-order valence-corrected chi connectivity index (χ3v) is 10.3. The summed E-state index contributed by atoms with van der Waals surface area (Å²) in [5.41, 5.74) is 7.30. The molecule has 5 atom stereocenters. The monoisotopic (exact) mass is 768 g/mol. The molecule has 0 spiro atoms. The molecule has 0 amide bonds. The van der Waals surface area contributed by atoms with E-state index >= 15 is 0 Å². The highest BCUT2D eigenvalue weighted by Crippen LogP contribution is 2.40. The first-order chi connectivity index (χ1) is 27.6. The molecule has 0 N–H and O–H groups in total. The van der Waals surface area contributed by atoms with E-state index in [0.29, 0.717) is 44.5 Å². The molecule has 7 rings (SSSR count). The summed E-state index contributed by atoms with van der Waals surface area (Å²) in [6.07, 6.45) is -1.99. The van der Waals surface area contributed by atoms with Crippen LogP contribution in [0.5, 0.6) is 5.75 Å². The van der Waals surface area contributed by atoms with Gasteiger partial charge in [-0.2, -0.15) is 0 Å². The Hall–Kier alpha value is -4.79. The zero-order chi connectivity index (χ0) is 38.4. The highest BCUT2D eigenvalue weighted by Gasteiger charge is 2.49. The summed E-state index contributed by atoms with van der Waals surface area (Å²) in [4.78, 5) is 0. The van der Waals surface area contributed by atoms with Crippen molar-refractivity contribution in [2.24, 2.45) is 0 Å². The Kier molecular flexibility index (Phi) is 14.4. The Morgan fingerprint density at radius 1 is 0.518 bits per heavy atom. The van der Waals surface area contributed by atoms with Gasteiger partial charge in [-0.25, -0.2) is 0 Å². The zero-order valence-electron chi connectivity index (χ0n) is 31.8. The Balaban J connectivity index is 1.25. The average molecular weight is 769 g/mol. The predicted octanol–water partition coefficient (Wildman–Crippen LogP) is 10.7. The van der Waals surface area contributed by atoms with Crippen LogP contribution in [0.3, 0.4) is 0 Å². The molecule has 0 radical (unpaired) electrons. The second-order valence-electron chi connectivity index (χ2n) is 14.0. The van der Waals surface area contributed by atoms with Crippen molar-refractivity contribution in [1.29, 1.82) is 0 Å². The topological polar surface area (TPSA) is 55.4 Å².